The number of Topliss-reactive ketones (excluding diaryl/α,β-unsaturated/α-hetero) is 2. The zero-order valence-electron chi connectivity index (χ0n) is 9.86. The van der Waals surface area contributed by atoms with Gasteiger partial charge in [0.2, 0.25) is 0 Å². The molecule has 1 aliphatic rings. The van der Waals surface area contributed by atoms with Crippen LogP contribution < -0.4 is 0 Å². The van der Waals surface area contributed by atoms with Crippen molar-refractivity contribution in [3.63, 3.8) is 0 Å². The van der Waals surface area contributed by atoms with Crippen LogP contribution in [0, 0.1) is 18.8 Å². The van der Waals surface area contributed by atoms with E-state index in [-0.39, 0.29) is 17.5 Å². The quantitative estimate of drug-likeness (QED) is 0.571. The molecule has 4 heteroatoms. The first-order valence-electron chi connectivity index (χ1n) is 5.59. The number of carbonyl (C=O) groups is 2. The fourth-order valence-electron chi connectivity index (χ4n) is 1.93. The molecule has 0 aliphatic heterocycles. The van der Waals surface area contributed by atoms with E-state index in [1.807, 2.05) is 0 Å². The molecule has 1 aromatic rings. The van der Waals surface area contributed by atoms with Crippen LogP contribution in [0.3, 0.4) is 0 Å². The molecule has 1 fully saturated rings. The largest absolute Gasteiger partial charge is 0.299 e. The van der Waals surface area contributed by atoms with Crippen LogP contribution in [0.2, 0.25) is 0 Å². The molecule has 1 unspecified atom stereocenters. The molecule has 0 N–H and O–H groups in total. The lowest BCUT2D eigenvalue weighted by Gasteiger charge is -2.07. The first-order chi connectivity index (χ1) is 7.50. The topological polar surface area (TPSA) is 52.0 Å². The van der Waals surface area contributed by atoms with E-state index in [0.717, 1.165) is 12.8 Å². The summed E-state index contributed by atoms with van der Waals surface area (Å²) in [6, 6.07) is 0. The van der Waals surface area contributed by atoms with Crippen molar-refractivity contribution in [2.45, 2.75) is 26.7 Å². The molecule has 4 nitrogen and oxygen atoms in total. The fourth-order valence-corrected chi connectivity index (χ4v) is 1.93. The summed E-state index contributed by atoms with van der Waals surface area (Å²) in [4.78, 5) is 23.9. The van der Waals surface area contributed by atoms with Crippen molar-refractivity contribution in [2.24, 2.45) is 18.9 Å². The average molecular weight is 220 g/mol. The van der Waals surface area contributed by atoms with Gasteiger partial charge in [0.15, 0.2) is 5.78 Å². The molecule has 1 aromatic heterocycles. The van der Waals surface area contributed by atoms with Gasteiger partial charge in [0.25, 0.3) is 0 Å². The molecule has 0 spiro atoms. The lowest BCUT2D eigenvalue weighted by Crippen LogP contribution is -2.22. The zero-order valence-corrected chi connectivity index (χ0v) is 9.86. The number of rotatable bonds is 4. The van der Waals surface area contributed by atoms with E-state index in [4.69, 9.17) is 0 Å². The number of carbonyl (C=O) groups excluding carboxylic acids is 2. The van der Waals surface area contributed by atoms with Gasteiger partial charge in [-0.1, -0.05) is 0 Å². The van der Waals surface area contributed by atoms with Gasteiger partial charge in [-0.25, -0.2) is 0 Å². The zero-order chi connectivity index (χ0) is 11.9. The Hall–Kier alpha value is -1.45. The third-order valence-corrected chi connectivity index (χ3v) is 3.08. The van der Waals surface area contributed by atoms with E-state index in [1.54, 1.807) is 31.8 Å². The molecule has 1 aliphatic carbocycles. The SMILES string of the molecule is Cc1nn(C)cc1C(=O)C(C)C(=O)C1CC1. The van der Waals surface area contributed by atoms with Gasteiger partial charge in [0, 0.05) is 19.2 Å². The van der Waals surface area contributed by atoms with Gasteiger partial charge >= 0.3 is 0 Å². The number of ketones is 2. The summed E-state index contributed by atoms with van der Waals surface area (Å²) < 4.78 is 1.61. The normalized spacial score (nSPS) is 17.2. The van der Waals surface area contributed by atoms with Crippen LogP contribution in [0.4, 0.5) is 0 Å². The summed E-state index contributed by atoms with van der Waals surface area (Å²) in [7, 11) is 1.77. The highest BCUT2D eigenvalue weighted by Gasteiger charge is 2.36. The van der Waals surface area contributed by atoms with Crippen LogP contribution in [0.25, 0.3) is 0 Å². The van der Waals surface area contributed by atoms with Gasteiger partial charge in [0.05, 0.1) is 17.2 Å². The predicted molar refractivity (Wildman–Crippen MR) is 59.2 cm³/mol. The second-order valence-electron chi connectivity index (χ2n) is 4.56. The van der Waals surface area contributed by atoms with Gasteiger partial charge in [-0.15, -0.1) is 0 Å². The van der Waals surface area contributed by atoms with Crippen molar-refractivity contribution in [1.29, 1.82) is 0 Å². The Morgan fingerprint density at radius 2 is 2.12 bits per heavy atom. The van der Waals surface area contributed by atoms with Crippen molar-refractivity contribution in [2.75, 3.05) is 0 Å². The van der Waals surface area contributed by atoms with E-state index in [9.17, 15) is 9.59 Å². The summed E-state index contributed by atoms with van der Waals surface area (Å²) in [5.41, 5.74) is 1.27. The first-order valence-corrected chi connectivity index (χ1v) is 5.59. The minimum absolute atomic E-state index is 0.0910. The summed E-state index contributed by atoms with van der Waals surface area (Å²) in [5, 5.41) is 4.12. The predicted octanol–water partition coefficient (Wildman–Crippen LogP) is 1.53. The number of aryl methyl sites for hydroxylation is 2. The van der Waals surface area contributed by atoms with Crippen molar-refractivity contribution in [3.8, 4) is 0 Å². The standard InChI is InChI=1S/C12H16N2O2/c1-7(11(15)9-4-5-9)12(16)10-6-14(3)13-8(10)2/h6-7,9H,4-5H2,1-3H3. The number of aromatic nitrogens is 2. The highest BCUT2D eigenvalue weighted by molar-refractivity contribution is 6.11. The van der Waals surface area contributed by atoms with E-state index >= 15 is 0 Å². The summed E-state index contributed by atoms with van der Waals surface area (Å²) in [5.74, 6) is -0.387. The van der Waals surface area contributed by atoms with Crippen LogP contribution in [0.5, 0.6) is 0 Å². The Kier molecular flexibility index (Phi) is 2.66. The Balaban J connectivity index is 2.17. The molecular formula is C12H16N2O2. The smallest absolute Gasteiger partial charge is 0.176 e. The average Bonchev–Trinajstić information content (AvgIpc) is 3.02. The second kappa shape index (κ2) is 3.85. The third-order valence-electron chi connectivity index (χ3n) is 3.08. The van der Waals surface area contributed by atoms with Crippen LogP contribution in [-0.2, 0) is 11.8 Å². The number of hydrogen-bond donors (Lipinski definition) is 0. The fraction of sp³-hybridized carbons (Fsp3) is 0.583. The van der Waals surface area contributed by atoms with Gasteiger partial charge in [0.1, 0.15) is 5.78 Å². The Labute approximate surface area is 94.6 Å². The monoisotopic (exact) mass is 220 g/mol. The molecule has 1 atom stereocenters. The minimum atomic E-state index is -0.518. The number of nitrogens with zero attached hydrogens (tertiary/aromatic N) is 2. The van der Waals surface area contributed by atoms with Crippen molar-refractivity contribution < 1.29 is 9.59 Å². The van der Waals surface area contributed by atoms with Crippen LogP contribution in [-0.4, -0.2) is 21.3 Å². The molecule has 0 radical (unpaired) electrons. The van der Waals surface area contributed by atoms with Gasteiger partial charge in [-0.2, -0.15) is 5.10 Å². The third kappa shape index (κ3) is 1.92. The maximum atomic E-state index is 12.1. The Morgan fingerprint density at radius 3 is 2.56 bits per heavy atom. The number of hydrogen-bond acceptors (Lipinski definition) is 3. The van der Waals surface area contributed by atoms with Crippen LogP contribution >= 0.6 is 0 Å². The molecule has 2 rings (SSSR count). The van der Waals surface area contributed by atoms with Crippen LogP contribution in [0.15, 0.2) is 6.20 Å². The maximum Gasteiger partial charge on any atom is 0.176 e. The van der Waals surface area contributed by atoms with Gasteiger partial charge < -0.3 is 0 Å². The summed E-state index contributed by atoms with van der Waals surface area (Å²) in [6.07, 6.45) is 3.58. The molecule has 1 saturated carbocycles. The molecule has 16 heavy (non-hydrogen) atoms. The minimum Gasteiger partial charge on any atom is -0.299 e. The van der Waals surface area contributed by atoms with Crippen molar-refractivity contribution in [3.05, 3.63) is 17.5 Å². The van der Waals surface area contributed by atoms with Gasteiger partial charge in [-0.3, -0.25) is 14.3 Å². The summed E-state index contributed by atoms with van der Waals surface area (Å²) in [6.45, 7) is 3.50. The maximum absolute atomic E-state index is 12.1. The summed E-state index contributed by atoms with van der Waals surface area (Å²) >= 11 is 0. The van der Waals surface area contributed by atoms with Gasteiger partial charge in [-0.05, 0) is 26.7 Å². The molecule has 0 aromatic carbocycles. The molecule has 0 saturated heterocycles. The van der Waals surface area contributed by atoms with E-state index in [2.05, 4.69) is 5.10 Å². The van der Waals surface area contributed by atoms with Crippen molar-refractivity contribution in [1.82, 2.24) is 9.78 Å². The van der Waals surface area contributed by atoms with E-state index < -0.39 is 5.92 Å². The lowest BCUT2D eigenvalue weighted by molar-refractivity contribution is -0.122. The van der Waals surface area contributed by atoms with E-state index in [1.165, 1.54) is 0 Å². The Morgan fingerprint density at radius 1 is 1.50 bits per heavy atom. The van der Waals surface area contributed by atoms with Crippen molar-refractivity contribution >= 4 is 11.6 Å². The lowest BCUT2D eigenvalue weighted by atomic mass is 9.93. The highest BCUT2D eigenvalue weighted by Crippen LogP contribution is 2.33. The van der Waals surface area contributed by atoms with E-state index in [0.29, 0.717) is 11.3 Å². The highest BCUT2D eigenvalue weighted by atomic mass is 16.2. The molecule has 0 bridgehead atoms. The molecule has 86 valence electrons. The molecular weight excluding hydrogens is 204 g/mol. The molecule has 1 heterocycles. The first kappa shape index (κ1) is 11.0. The second-order valence-corrected chi connectivity index (χ2v) is 4.56. The Bertz CT molecular complexity index is 444. The molecule has 0 amide bonds. The van der Waals surface area contributed by atoms with Crippen LogP contribution in [0.1, 0.15) is 35.8 Å².